The van der Waals surface area contributed by atoms with E-state index in [1.165, 1.54) is 11.8 Å². The van der Waals surface area contributed by atoms with E-state index in [0.29, 0.717) is 11.4 Å². The lowest BCUT2D eigenvalue weighted by Crippen LogP contribution is -2.31. The van der Waals surface area contributed by atoms with Gasteiger partial charge >= 0.3 is 0 Å². The maximum atomic E-state index is 12.4. The quantitative estimate of drug-likeness (QED) is 0.689. The number of anilines is 2. The van der Waals surface area contributed by atoms with Crippen molar-refractivity contribution in [2.45, 2.75) is 23.5 Å². The van der Waals surface area contributed by atoms with E-state index >= 15 is 0 Å². The van der Waals surface area contributed by atoms with Crippen molar-refractivity contribution in [1.29, 1.82) is 0 Å². The molecule has 1 aromatic heterocycles. The number of carbonyl (C=O) groups is 2. The summed E-state index contributed by atoms with van der Waals surface area (Å²) in [5, 5.41) is 3.29. The Morgan fingerprint density at radius 1 is 1.33 bits per heavy atom. The Kier molecular flexibility index (Phi) is 3.42. The van der Waals surface area contributed by atoms with Crippen molar-refractivity contribution in [2.24, 2.45) is 0 Å². The molecule has 0 unspecified atom stereocenters. The highest BCUT2D eigenvalue weighted by molar-refractivity contribution is 8.00. The molecule has 21 heavy (non-hydrogen) atoms. The lowest BCUT2D eigenvalue weighted by atomic mass is 10.3. The summed E-state index contributed by atoms with van der Waals surface area (Å²) in [6.45, 7) is 1.71. The molecule has 1 aliphatic rings. The Morgan fingerprint density at radius 3 is 2.67 bits per heavy atom. The monoisotopic (exact) mass is 303 g/mol. The van der Waals surface area contributed by atoms with Crippen LogP contribution in [0.1, 0.15) is 12.2 Å². The maximum Gasteiger partial charge on any atom is 0.249 e. The highest BCUT2D eigenvalue weighted by atomic mass is 32.2. The largest absolute Gasteiger partial charge is 0.399 e. The summed E-state index contributed by atoms with van der Waals surface area (Å²) in [7, 11) is 0. The number of benzene rings is 1. The molecule has 2 amide bonds. The van der Waals surface area contributed by atoms with E-state index in [4.69, 9.17) is 10.3 Å². The minimum absolute atomic E-state index is 0.153. The number of aryl methyl sites for hydroxylation is 1. The fraction of sp³-hybridized carbons (Fsp3) is 0.214. The number of amides is 2. The molecule has 2 N–H and O–H groups in total. The highest BCUT2D eigenvalue weighted by Gasteiger charge is 2.41. The second-order valence-electron chi connectivity index (χ2n) is 4.74. The molecular weight excluding hydrogens is 290 g/mol. The Hall–Kier alpha value is -2.28. The van der Waals surface area contributed by atoms with Crippen molar-refractivity contribution in [2.75, 3.05) is 10.6 Å². The van der Waals surface area contributed by atoms with Crippen LogP contribution in [0.25, 0.3) is 0 Å². The number of rotatable bonds is 3. The summed E-state index contributed by atoms with van der Waals surface area (Å²) in [5.41, 5.74) is 6.29. The van der Waals surface area contributed by atoms with Crippen LogP contribution in [0.4, 0.5) is 11.5 Å². The molecule has 0 aliphatic carbocycles. The second kappa shape index (κ2) is 5.25. The normalized spacial score (nSPS) is 18.5. The summed E-state index contributed by atoms with van der Waals surface area (Å²) < 4.78 is 4.92. The highest BCUT2D eigenvalue weighted by Crippen LogP contribution is 2.33. The number of nitrogen functional groups attached to an aromatic ring is 1. The van der Waals surface area contributed by atoms with E-state index in [-0.39, 0.29) is 24.1 Å². The number of nitrogens with two attached hydrogens (primary N) is 1. The van der Waals surface area contributed by atoms with Gasteiger partial charge < -0.3 is 10.3 Å². The lowest BCUT2D eigenvalue weighted by Gasteiger charge is -2.10. The van der Waals surface area contributed by atoms with Crippen LogP contribution in [-0.2, 0) is 9.59 Å². The number of hydrogen-bond donors (Lipinski definition) is 1. The third-order valence-corrected chi connectivity index (χ3v) is 4.31. The van der Waals surface area contributed by atoms with Crippen LogP contribution in [0.15, 0.2) is 39.8 Å². The van der Waals surface area contributed by atoms with E-state index in [1.54, 1.807) is 25.1 Å². The Balaban J connectivity index is 1.78. The van der Waals surface area contributed by atoms with Crippen LogP contribution in [-0.4, -0.2) is 22.2 Å². The van der Waals surface area contributed by atoms with Crippen molar-refractivity contribution < 1.29 is 14.1 Å². The van der Waals surface area contributed by atoms with Crippen LogP contribution in [0.3, 0.4) is 0 Å². The molecule has 7 heteroatoms. The van der Waals surface area contributed by atoms with Gasteiger partial charge in [-0.05, 0) is 31.2 Å². The summed E-state index contributed by atoms with van der Waals surface area (Å²) in [4.78, 5) is 26.4. The van der Waals surface area contributed by atoms with Crippen molar-refractivity contribution in [3.63, 3.8) is 0 Å². The summed E-state index contributed by atoms with van der Waals surface area (Å²) in [6, 6.07) is 8.78. The molecule has 108 valence electrons. The Labute approximate surface area is 125 Å². The predicted octanol–water partition coefficient (Wildman–Crippen LogP) is 1.99. The molecule has 1 aliphatic heterocycles. The van der Waals surface area contributed by atoms with Gasteiger partial charge in [-0.3, -0.25) is 9.59 Å². The zero-order valence-corrected chi connectivity index (χ0v) is 12.1. The fourth-order valence-electron chi connectivity index (χ4n) is 2.11. The first-order valence-corrected chi connectivity index (χ1v) is 7.25. The summed E-state index contributed by atoms with van der Waals surface area (Å²) in [6.07, 6.45) is 0.153. The SMILES string of the molecule is Cc1cc(N2C(=O)C[C@@H](Sc3ccc(N)cc3)C2=O)no1. The van der Waals surface area contributed by atoms with Gasteiger partial charge in [0, 0.05) is 23.1 Å². The number of carbonyl (C=O) groups excluding carboxylic acids is 2. The Bertz CT molecular complexity index is 696. The zero-order chi connectivity index (χ0) is 15.0. The van der Waals surface area contributed by atoms with Crippen LogP contribution >= 0.6 is 11.8 Å². The summed E-state index contributed by atoms with van der Waals surface area (Å²) in [5.74, 6) is 0.277. The van der Waals surface area contributed by atoms with Gasteiger partial charge in [-0.1, -0.05) is 5.16 Å². The predicted molar refractivity (Wildman–Crippen MR) is 78.8 cm³/mol. The molecule has 1 atom stereocenters. The van der Waals surface area contributed by atoms with Crippen molar-refractivity contribution in [3.05, 3.63) is 36.1 Å². The molecule has 2 heterocycles. The minimum atomic E-state index is -0.446. The first-order chi connectivity index (χ1) is 10.0. The third kappa shape index (κ3) is 2.64. The molecule has 0 spiro atoms. The maximum absolute atomic E-state index is 12.4. The number of imide groups is 1. The number of thioether (sulfide) groups is 1. The zero-order valence-electron chi connectivity index (χ0n) is 11.3. The van der Waals surface area contributed by atoms with Crippen molar-refractivity contribution >= 4 is 35.1 Å². The Morgan fingerprint density at radius 2 is 2.05 bits per heavy atom. The topological polar surface area (TPSA) is 89.4 Å². The van der Waals surface area contributed by atoms with Crippen LogP contribution in [0, 0.1) is 6.92 Å². The standard InChI is InChI=1S/C14H13N3O3S/c1-8-6-12(16-20-8)17-13(18)7-11(14(17)19)21-10-4-2-9(15)3-5-10/h2-6,11H,7,15H2,1H3/t11-/m1/s1. The molecule has 6 nitrogen and oxygen atoms in total. The van der Waals surface area contributed by atoms with Gasteiger partial charge in [0.1, 0.15) is 5.76 Å². The molecule has 0 saturated carbocycles. The molecule has 0 radical (unpaired) electrons. The van der Waals surface area contributed by atoms with E-state index in [1.807, 2.05) is 12.1 Å². The molecule has 1 saturated heterocycles. The molecular formula is C14H13N3O3S. The second-order valence-corrected chi connectivity index (χ2v) is 6.02. The van der Waals surface area contributed by atoms with Gasteiger partial charge in [-0.15, -0.1) is 11.8 Å². The van der Waals surface area contributed by atoms with Gasteiger partial charge in [-0.25, -0.2) is 4.90 Å². The fourth-order valence-corrected chi connectivity index (χ4v) is 3.16. The molecule has 3 rings (SSSR count). The minimum Gasteiger partial charge on any atom is -0.399 e. The van der Waals surface area contributed by atoms with E-state index in [9.17, 15) is 9.59 Å². The average molecular weight is 303 g/mol. The lowest BCUT2D eigenvalue weighted by molar-refractivity contribution is -0.121. The first kappa shape index (κ1) is 13.7. The number of hydrogen-bond acceptors (Lipinski definition) is 6. The van der Waals surface area contributed by atoms with Gasteiger partial charge in [-0.2, -0.15) is 0 Å². The molecule has 1 fully saturated rings. The molecule has 2 aromatic rings. The van der Waals surface area contributed by atoms with Crippen molar-refractivity contribution in [1.82, 2.24) is 5.16 Å². The average Bonchev–Trinajstić information content (AvgIpc) is 2.97. The number of nitrogens with zero attached hydrogens (tertiary/aromatic N) is 2. The molecule has 0 bridgehead atoms. The van der Waals surface area contributed by atoms with Gasteiger partial charge in [0.05, 0.1) is 5.25 Å². The van der Waals surface area contributed by atoms with Crippen LogP contribution in [0.2, 0.25) is 0 Å². The smallest absolute Gasteiger partial charge is 0.249 e. The van der Waals surface area contributed by atoms with Gasteiger partial charge in [0.2, 0.25) is 11.8 Å². The number of aromatic nitrogens is 1. The first-order valence-electron chi connectivity index (χ1n) is 6.37. The third-order valence-electron chi connectivity index (χ3n) is 3.11. The van der Waals surface area contributed by atoms with E-state index < -0.39 is 5.25 Å². The van der Waals surface area contributed by atoms with Gasteiger partial charge in [0.25, 0.3) is 0 Å². The summed E-state index contributed by atoms with van der Waals surface area (Å²) >= 11 is 1.35. The van der Waals surface area contributed by atoms with E-state index in [2.05, 4.69) is 5.16 Å². The van der Waals surface area contributed by atoms with Gasteiger partial charge in [0.15, 0.2) is 5.82 Å². The molecule has 1 aromatic carbocycles. The van der Waals surface area contributed by atoms with Crippen LogP contribution in [0.5, 0.6) is 0 Å². The van der Waals surface area contributed by atoms with Crippen molar-refractivity contribution in [3.8, 4) is 0 Å². The van der Waals surface area contributed by atoms with E-state index in [0.717, 1.165) is 9.80 Å². The van der Waals surface area contributed by atoms with Crippen LogP contribution < -0.4 is 10.6 Å².